The van der Waals surface area contributed by atoms with Crippen molar-refractivity contribution in [3.8, 4) is 11.6 Å². The van der Waals surface area contributed by atoms with Crippen LogP contribution in [0.15, 0.2) is 48.0 Å². The number of halogens is 1. The number of methoxy groups -OCH3 is 1. The standard InChI is InChI=1S/C19H15IN4O2/c1-22-17-14(11-7-8-13(25-2)12(20)9-11)15-16(10-5-3-4-6-10)23-24-19(15)26-18(17)21/h3,5-9,14H,4,21H2,2H3,(H,23,24). The van der Waals surface area contributed by atoms with Crippen LogP contribution in [0.5, 0.6) is 11.6 Å². The molecule has 0 bridgehead atoms. The molecule has 2 heterocycles. The van der Waals surface area contributed by atoms with Gasteiger partial charge in [-0.3, -0.25) is 5.10 Å². The molecule has 6 nitrogen and oxygen atoms in total. The van der Waals surface area contributed by atoms with Gasteiger partial charge in [0.25, 0.3) is 0 Å². The van der Waals surface area contributed by atoms with Gasteiger partial charge < -0.3 is 15.2 Å². The van der Waals surface area contributed by atoms with E-state index in [0.29, 0.717) is 11.6 Å². The Kier molecular flexibility index (Phi) is 4.20. The Bertz CT molecular complexity index is 1030. The molecule has 0 fully saturated rings. The molecule has 7 heteroatoms. The van der Waals surface area contributed by atoms with E-state index in [2.05, 4.69) is 49.8 Å². The summed E-state index contributed by atoms with van der Waals surface area (Å²) < 4.78 is 11.9. The first kappa shape index (κ1) is 16.7. The van der Waals surface area contributed by atoms with Crippen molar-refractivity contribution in [3.05, 3.63) is 79.8 Å². The fourth-order valence-corrected chi connectivity index (χ4v) is 4.04. The average Bonchev–Trinajstić information content (AvgIpc) is 3.29. The van der Waals surface area contributed by atoms with Crippen LogP contribution >= 0.6 is 22.6 Å². The molecule has 2 aromatic rings. The largest absolute Gasteiger partial charge is 0.496 e. The SMILES string of the molecule is [C-]#[N+]C1=C(N)Oc2n[nH]c(C3=CCC=C3)c2C1c1ccc(OC)c(I)c1. The number of hydrogen-bond donors (Lipinski definition) is 2. The van der Waals surface area contributed by atoms with E-state index in [4.69, 9.17) is 21.8 Å². The molecule has 0 amide bonds. The van der Waals surface area contributed by atoms with Gasteiger partial charge in [0.05, 0.1) is 28.9 Å². The predicted octanol–water partition coefficient (Wildman–Crippen LogP) is 3.94. The molecule has 0 spiro atoms. The smallest absolute Gasteiger partial charge is 0.241 e. The van der Waals surface area contributed by atoms with Crippen LogP contribution < -0.4 is 15.2 Å². The Morgan fingerprint density at radius 1 is 1.46 bits per heavy atom. The fraction of sp³-hybridized carbons (Fsp3) is 0.158. The van der Waals surface area contributed by atoms with Gasteiger partial charge in [-0.25, -0.2) is 4.85 Å². The first-order chi connectivity index (χ1) is 12.6. The Hall–Kier alpha value is -2.73. The molecule has 3 N–H and O–H groups in total. The maximum Gasteiger partial charge on any atom is 0.241 e. The van der Waals surface area contributed by atoms with Crippen LogP contribution in [0.1, 0.15) is 29.2 Å². The van der Waals surface area contributed by atoms with E-state index in [9.17, 15) is 0 Å². The molecule has 26 heavy (non-hydrogen) atoms. The highest BCUT2D eigenvalue weighted by Crippen LogP contribution is 2.46. The molecule has 4 rings (SSSR count). The van der Waals surface area contributed by atoms with Crippen LogP contribution in [0.2, 0.25) is 0 Å². The van der Waals surface area contributed by atoms with E-state index in [-0.39, 0.29) is 11.8 Å². The summed E-state index contributed by atoms with van der Waals surface area (Å²) in [6.45, 7) is 7.64. The summed E-state index contributed by atoms with van der Waals surface area (Å²) >= 11 is 2.22. The lowest BCUT2D eigenvalue weighted by molar-refractivity contribution is 0.378. The van der Waals surface area contributed by atoms with Crippen molar-refractivity contribution >= 4 is 28.2 Å². The van der Waals surface area contributed by atoms with Crippen molar-refractivity contribution in [3.63, 3.8) is 0 Å². The zero-order valence-corrected chi connectivity index (χ0v) is 16.1. The number of fused-ring (bicyclic) bond motifs is 1. The highest BCUT2D eigenvalue weighted by atomic mass is 127. The molecular weight excluding hydrogens is 443 g/mol. The summed E-state index contributed by atoms with van der Waals surface area (Å²) in [5.74, 6) is 0.954. The summed E-state index contributed by atoms with van der Waals surface area (Å²) in [7, 11) is 1.64. The molecule has 1 unspecified atom stereocenters. The molecule has 0 saturated carbocycles. The summed E-state index contributed by atoms with van der Waals surface area (Å²) in [6, 6.07) is 5.86. The zero-order valence-electron chi connectivity index (χ0n) is 13.9. The lowest BCUT2D eigenvalue weighted by atomic mass is 9.86. The second-order valence-corrected chi connectivity index (χ2v) is 7.07. The van der Waals surface area contributed by atoms with Crippen molar-refractivity contribution in [2.24, 2.45) is 5.73 Å². The van der Waals surface area contributed by atoms with Gasteiger partial charge in [0.15, 0.2) is 5.88 Å². The van der Waals surface area contributed by atoms with Gasteiger partial charge in [0, 0.05) is 5.56 Å². The molecule has 1 aromatic heterocycles. The number of aromatic nitrogens is 2. The normalized spacial score (nSPS) is 18.2. The van der Waals surface area contributed by atoms with Crippen LogP contribution in [0.3, 0.4) is 0 Å². The molecule has 130 valence electrons. The molecule has 1 atom stereocenters. The number of nitrogens with one attached hydrogen (secondary N) is 1. The van der Waals surface area contributed by atoms with Gasteiger partial charge >= 0.3 is 0 Å². The predicted molar refractivity (Wildman–Crippen MR) is 106 cm³/mol. The van der Waals surface area contributed by atoms with Crippen LogP contribution in [0.25, 0.3) is 10.4 Å². The van der Waals surface area contributed by atoms with E-state index < -0.39 is 0 Å². The molecule has 1 aromatic carbocycles. The summed E-state index contributed by atoms with van der Waals surface area (Å²) in [5.41, 5.74) is 10.1. The average molecular weight is 458 g/mol. The van der Waals surface area contributed by atoms with Crippen molar-refractivity contribution in [1.29, 1.82) is 0 Å². The molecule has 0 saturated heterocycles. The van der Waals surface area contributed by atoms with Crippen LogP contribution in [0, 0.1) is 10.1 Å². The second kappa shape index (κ2) is 6.53. The lowest BCUT2D eigenvalue weighted by Crippen LogP contribution is -2.20. The third kappa shape index (κ3) is 2.57. The van der Waals surface area contributed by atoms with Crippen molar-refractivity contribution in [2.75, 3.05) is 7.11 Å². The minimum absolute atomic E-state index is 0.0947. The quantitative estimate of drug-likeness (QED) is 0.540. The van der Waals surface area contributed by atoms with Gasteiger partial charge in [-0.1, -0.05) is 24.3 Å². The Morgan fingerprint density at radius 2 is 2.31 bits per heavy atom. The first-order valence-corrected chi connectivity index (χ1v) is 9.05. The highest BCUT2D eigenvalue weighted by molar-refractivity contribution is 14.1. The van der Waals surface area contributed by atoms with Gasteiger partial charge in [-0.05, 0) is 52.3 Å². The van der Waals surface area contributed by atoms with E-state index in [1.54, 1.807) is 7.11 Å². The third-order valence-electron chi connectivity index (χ3n) is 4.48. The maximum atomic E-state index is 7.64. The van der Waals surface area contributed by atoms with Gasteiger partial charge in [0.2, 0.25) is 11.6 Å². The monoisotopic (exact) mass is 458 g/mol. The number of nitrogens with zero attached hydrogens (tertiary/aromatic N) is 2. The number of aromatic amines is 1. The number of nitrogens with two attached hydrogens (primary N) is 1. The number of H-pyrrole nitrogens is 1. The number of ether oxygens (including phenoxy) is 2. The number of benzene rings is 1. The van der Waals surface area contributed by atoms with Gasteiger partial charge in [0.1, 0.15) is 5.75 Å². The van der Waals surface area contributed by atoms with E-state index in [1.165, 1.54) is 0 Å². The number of allylic oxidation sites excluding steroid dienone is 5. The number of hydrogen-bond acceptors (Lipinski definition) is 4. The van der Waals surface area contributed by atoms with Gasteiger partial charge in [-0.15, -0.1) is 5.10 Å². The Labute approximate surface area is 164 Å². The van der Waals surface area contributed by atoms with Crippen molar-refractivity contribution in [2.45, 2.75) is 12.3 Å². The fourth-order valence-electron chi connectivity index (χ4n) is 3.28. The minimum atomic E-state index is -0.348. The van der Waals surface area contributed by atoms with Crippen LogP contribution in [0.4, 0.5) is 0 Å². The van der Waals surface area contributed by atoms with Crippen molar-refractivity contribution < 1.29 is 9.47 Å². The molecular formula is C19H15IN4O2. The Balaban J connectivity index is 1.93. The summed E-state index contributed by atoms with van der Waals surface area (Å²) in [4.78, 5) is 3.67. The summed E-state index contributed by atoms with van der Waals surface area (Å²) in [5, 5.41) is 7.34. The van der Waals surface area contributed by atoms with Crippen LogP contribution in [-0.2, 0) is 0 Å². The van der Waals surface area contributed by atoms with E-state index in [1.807, 2.05) is 24.3 Å². The Morgan fingerprint density at radius 3 is 2.96 bits per heavy atom. The third-order valence-corrected chi connectivity index (χ3v) is 5.32. The molecule has 1 aliphatic heterocycles. The van der Waals surface area contributed by atoms with Crippen LogP contribution in [-0.4, -0.2) is 17.3 Å². The lowest BCUT2D eigenvalue weighted by Gasteiger charge is -2.24. The molecule has 2 aliphatic rings. The van der Waals surface area contributed by atoms with Crippen molar-refractivity contribution in [1.82, 2.24) is 10.2 Å². The minimum Gasteiger partial charge on any atom is -0.496 e. The first-order valence-electron chi connectivity index (χ1n) is 7.97. The maximum absolute atomic E-state index is 7.64. The second-order valence-electron chi connectivity index (χ2n) is 5.91. The van der Waals surface area contributed by atoms with Gasteiger partial charge in [-0.2, -0.15) is 0 Å². The zero-order chi connectivity index (χ0) is 18.3. The molecule has 1 aliphatic carbocycles. The van der Waals surface area contributed by atoms with E-state index in [0.717, 1.165) is 38.1 Å². The molecule has 0 radical (unpaired) electrons. The van der Waals surface area contributed by atoms with E-state index >= 15 is 0 Å². The highest BCUT2D eigenvalue weighted by Gasteiger charge is 2.36. The summed E-state index contributed by atoms with van der Waals surface area (Å²) in [6.07, 6.45) is 7.12. The topological polar surface area (TPSA) is 77.5 Å². The number of rotatable bonds is 3.